The number of aliphatic hydroxyl groups is 1. The first kappa shape index (κ1) is 14.2. The number of rotatable bonds is 5. The van der Waals surface area contributed by atoms with E-state index in [1.165, 1.54) is 17.8 Å². The Labute approximate surface area is 120 Å². The lowest BCUT2D eigenvalue weighted by Crippen LogP contribution is -2.38. The molecule has 1 aromatic rings. The van der Waals surface area contributed by atoms with E-state index >= 15 is 0 Å². The summed E-state index contributed by atoms with van der Waals surface area (Å²) in [4.78, 5) is 15.1. The van der Waals surface area contributed by atoms with Crippen molar-refractivity contribution in [3.05, 3.63) is 20.8 Å². The SMILES string of the molecule is O=C(CN1CCCC(CCO)C1)c1ccc(Br)s1. The molecule has 1 atom stereocenters. The lowest BCUT2D eigenvalue weighted by atomic mass is 9.95. The Hall–Kier alpha value is -0.230. The Morgan fingerprint density at radius 3 is 3.06 bits per heavy atom. The first-order valence-electron chi connectivity index (χ1n) is 6.31. The molecule has 1 fully saturated rings. The standard InChI is InChI=1S/C13H18BrNO2S/c14-13-4-3-12(18-13)11(17)9-15-6-1-2-10(8-15)5-7-16/h3-4,10,16H,1-2,5-9H2. The number of nitrogens with zero attached hydrogens (tertiary/aromatic N) is 1. The molecule has 0 spiro atoms. The molecule has 0 aliphatic carbocycles. The highest BCUT2D eigenvalue weighted by atomic mass is 79.9. The van der Waals surface area contributed by atoms with Gasteiger partial charge in [-0.05, 0) is 59.8 Å². The van der Waals surface area contributed by atoms with Gasteiger partial charge in [0.1, 0.15) is 0 Å². The van der Waals surface area contributed by atoms with Gasteiger partial charge in [0.25, 0.3) is 0 Å². The Kier molecular flexibility index (Phi) is 5.36. The number of ketones is 1. The van der Waals surface area contributed by atoms with Crippen molar-refractivity contribution in [3.8, 4) is 0 Å². The summed E-state index contributed by atoms with van der Waals surface area (Å²) < 4.78 is 1.00. The maximum absolute atomic E-state index is 12.1. The van der Waals surface area contributed by atoms with Crippen molar-refractivity contribution in [1.29, 1.82) is 0 Å². The summed E-state index contributed by atoms with van der Waals surface area (Å²) in [5, 5.41) is 8.98. The average Bonchev–Trinajstić information content (AvgIpc) is 2.77. The first-order chi connectivity index (χ1) is 8.69. The molecule has 2 heterocycles. The summed E-state index contributed by atoms with van der Waals surface area (Å²) in [5.74, 6) is 0.752. The maximum atomic E-state index is 12.1. The highest BCUT2D eigenvalue weighted by Gasteiger charge is 2.22. The molecule has 1 unspecified atom stereocenters. The van der Waals surface area contributed by atoms with Crippen molar-refractivity contribution in [2.75, 3.05) is 26.2 Å². The van der Waals surface area contributed by atoms with E-state index in [9.17, 15) is 4.79 Å². The van der Waals surface area contributed by atoms with Crippen molar-refractivity contribution >= 4 is 33.0 Å². The van der Waals surface area contributed by atoms with Crippen molar-refractivity contribution in [2.24, 2.45) is 5.92 Å². The van der Waals surface area contributed by atoms with Crippen LogP contribution in [-0.4, -0.2) is 42.0 Å². The minimum absolute atomic E-state index is 0.204. The number of carbonyl (C=O) groups excluding carboxylic acids is 1. The molecule has 1 aromatic heterocycles. The van der Waals surface area contributed by atoms with Crippen LogP contribution in [0, 0.1) is 5.92 Å². The fourth-order valence-electron chi connectivity index (χ4n) is 2.46. The summed E-state index contributed by atoms with van der Waals surface area (Å²) in [6, 6.07) is 3.80. The van der Waals surface area contributed by atoms with Crippen LogP contribution >= 0.6 is 27.3 Å². The van der Waals surface area contributed by atoms with E-state index in [1.54, 1.807) is 0 Å². The fraction of sp³-hybridized carbons (Fsp3) is 0.615. The molecule has 0 bridgehead atoms. The van der Waals surface area contributed by atoms with Crippen LogP contribution in [0.4, 0.5) is 0 Å². The molecule has 100 valence electrons. The van der Waals surface area contributed by atoms with Crippen molar-refractivity contribution in [2.45, 2.75) is 19.3 Å². The average molecular weight is 332 g/mol. The van der Waals surface area contributed by atoms with E-state index in [4.69, 9.17) is 5.11 Å². The summed E-state index contributed by atoms with van der Waals surface area (Å²) >= 11 is 4.88. The Morgan fingerprint density at radius 2 is 2.39 bits per heavy atom. The van der Waals surface area contributed by atoms with Gasteiger partial charge in [-0.1, -0.05) is 0 Å². The van der Waals surface area contributed by atoms with E-state index in [0.29, 0.717) is 12.5 Å². The molecule has 0 saturated carbocycles. The molecule has 0 amide bonds. The molecule has 1 N–H and O–H groups in total. The number of piperidine rings is 1. The molecule has 1 aliphatic heterocycles. The normalized spacial score (nSPS) is 21.1. The number of aliphatic hydroxyl groups excluding tert-OH is 1. The van der Waals surface area contributed by atoms with Gasteiger partial charge in [-0.15, -0.1) is 11.3 Å². The predicted molar refractivity (Wildman–Crippen MR) is 77.2 cm³/mol. The number of hydrogen-bond donors (Lipinski definition) is 1. The molecule has 0 aromatic carbocycles. The molecule has 1 saturated heterocycles. The minimum atomic E-state index is 0.204. The zero-order chi connectivity index (χ0) is 13.0. The highest BCUT2D eigenvalue weighted by Crippen LogP contribution is 2.24. The van der Waals surface area contributed by atoms with Crippen LogP contribution in [0.25, 0.3) is 0 Å². The van der Waals surface area contributed by atoms with E-state index in [1.807, 2.05) is 12.1 Å². The Balaban J connectivity index is 1.87. The van der Waals surface area contributed by atoms with Gasteiger partial charge in [-0.2, -0.15) is 0 Å². The number of likely N-dealkylation sites (tertiary alicyclic amines) is 1. The third-order valence-electron chi connectivity index (χ3n) is 3.36. The third kappa shape index (κ3) is 3.88. The van der Waals surface area contributed by atoms with Gasteiger partial charge >= 0.3 is 0 Å². The molecule has 1 aliphatic rings. The van der Waals surface area contributed by atoms with Crippen molar-refractivity contribution in [3.63, 3.8) is 0 Å². The number of halogens is 1. The van der Waals surface area contributed by atoms with Gasteiger partial charge < -0.3 is 5.11 Å². The molecule has 2 rings (SSSR count). The maximum Gasteiger partial charge on any atom is 0.186 e. The fourth-order valence-corrected chi connectivity index (χ4v) is 3.77. The zero-order valence-electron chi connectivity index (χ0n) is 10.3. The van der Waals surface area contributed by atoms with E-state index < -0.39 is 0 Å². The summed E-state index contributed by atoms with van der Waals surface area (Å²) in [6.07, 6.45) is 3.16. The second-order valence-corrected chi connectivity index (χ2v) is 7.25. The van der Waals surface area contributed by atoms with Crippen molar-refractivity contribution < 1.29 is 9.90 Å². The van der Waals surface area contributed by atoms with E-state index in [-0.39, 0.29) is 12.4 Å². The van der Waals surface area contributed by atoms with Gasteiger partial charge in [-0.25, -0.2) is 0 Å². The monoisotopic (exact) mass is 331 g/mol. The predicted octanol–water partition coefficient (Wildman–Crippen LogP) is 2.79. The van der Waals surface area contributed by atoms with Gasteiger partial charge in [0.15, 0.2) is 5.78 Å². The lowest BCUT2D eigenvalue weighted by Gasteiger charge is -2.31. The lowest BCUT2D eigenvalue weighted by molar-refractivity contribution is 0.0875. The molecular weight excluding hydrogens is 314 g/mol. The Morgan fingerprint density at radius 1 is 1.56 bits per heavy atom. The van der Waals surface area contributed by atoms with Crippen LogP contribution < -0.4 is 0 Å². The second-order valence-electron chi connectivity index (χ2n) is 4.78. The molecule has 5 heteroatoms. The Bertz CT molecular complexity index is 405. The number of Topliss-reactive ketones (excluding diaryl/α,β-unsaturated/α-hetero) is 1. The van der Waals surface area contributed by atoms with Crippen LogP contribution in [0.3, 0.4) is 0 Å². The largest absolute Gasteiger partial charge is 0.396 e. The van der Waals surface area contributed by atoms with Crippen LogP contribution in [-0.2, 0) is 0 Å². The van der Waals surface area contributed by atoms with E-state index in [0.717, 1.165) is 34.6 Å². The second kappa shape index (κ2) is 6.80. The summed E-state index contributed by atoms with van der Waals surface area (Å²) in [7, 11) is 0. The number of carbonyl (C=O) groups is 1. The van der Waals surface area contributed by atoms with Gasteiger partial charge in [0.05, 0.1) is 15.2 Å². The van der Waals surface area contributed by atoms with Gasteiger partial charge in [-0.3, -0.25) is 9.69 Å². The molecule has 3 nitrogen and oxygen atoms in total. The number of thiophene rings is 1. The minimum Gasteiger partial charge on any atom is -0.396 e. The van der Waals surface area contributed by atoms with Crippen LogP contribution in [0.2, 0.25) is 0 Å². The smallest absolute Gasteiger partial charge is 0.186 e. The molecular formula is C13H18BrNO2S. The topological polar surface area (TPSA) is 40.5 Å². The van der Waals surface area contributed by atoms with Gasteiger partial charge in [0, 0.05) is 13.2 Å². The van der Waals surface area contributed by atoms with Gasteiger partial charge in [0.2, 0.25) is 0 Å². The third-order valence-corrected chi connectivity index (χ3v) is 5.02. The van der Waals surface area contributed by atoms with Crippen molar-refractivity contribution in [1.82, 2.24) is 4.90 Å². The quantitative estimate of drug-likeness (QED) is 0.843. The van der Waals surface area contributed by atoms with Crippen LogP contribution in [0.1, 0.15) is 28.9 Å². The zero-order valence-corrected chi connectivity index (χ0v) is 12.7. The summed E-state index contributed by atoms with van der Waals surface area (Å²) in [5.41, 5.74) is 0. The summed E-state index contributed by atoms with van der Waals surface area (Å²) in [6.45, 7) is 2.71. The van der Waals surface area contributed by atoms with E-state index in [2.05, 4.69) is 20.8 Å². The number of hydrogen-bond acceptors (Lipinski definition) is 4. The first-order valence-corrected chi connectivity index (χ1v) is 7.91. The molecule has 18 heavy (non-hydrogen) atoms. The molecule has 0 radical (unpaired) electrons. The van der Waals surface area contributed by atoms with Crippen LogP contribution in [0.15, 0.2) is 15.9 Å². The highest BCUT2D eigenvalue weighted by molar-refractivity contribution is 9.11. The van der Waals surface area contributed by atoms with Crippen LogP contribution in [0.5, 0.6) is 0 Å².